The van der Waals surface area contributed by atoms with Gasteiger partial charge < -0.3 is 9.73 Å². The van der Waals surface area contributed by atoms with Crippen LogP contribution in [0.3, 0.4) is 0 Å². The molecule has 8 heteroatoms. The number of thiazole rings is 1. The lowest BCUT2D eigenvalue weighted by Crippen LogP contribution is -1.98. The molecule has 2 aromatic heterocycles. The Morgan fingerprint density at radius 2 is 2.33 bits per heavy atom. The molecule has 0 bridgehead atoms. The van der Waals surface area contributed by atoms with Crippen LogP contribution in [-0.4, -0.2) is 14.9 Å². The second-order valence-corrected chi connectivity index (χ2v) is 5.56. The van der Waals surface area contributed by atoms with Crippen LogP contribution in [0, 0.1) is 10.1 Å². The van der Waals surface area contributed by atoms with E-state index < -0.39 is 4.92 Å². The van der Waals surface area contributed by atoms with Crippen LogP contribution < -0.4 is 5.32 Å². The average molecular weight is 304 g/mol. The molecular formula is C13H12N4O3S. The van der Waals surface area contributed by atoms with E-state index in [2.05, 4.69) is 22.2 Å². The van der Waals surface area contributed by atoms with E-state index in [1.807, 2.05) is 6.20 Å². The minimum absolute atomic E-state index is 0.00476. The molecule has 1 aromatic carbocycles. The minimum atomic E-state index is -0.455. The van der Waals surface area contributed by atoms with Gasteiger partial charge in [-0.05, 0) is 12.5 Å². The first-order valence-corrected chi connectivity index (χ1v) is 7.20. The van der Waals surface area contributed by atoms with Crippen molar-refractivity contribution in [3.8, 4) is 0 Å². The lowest BCUT2D eigenvalue weighted by molar-refractivity contribution is -0.384. The highest BCUT2D eigenvalue weighted by Gasteiger charge is 2.11. The molecule has 7 nitrogen and oxygen atoms in total. The molecule has 108 valence electrons. The van der Waals surface area contributed by atoms with Gasteiger partial charge in [-0.25, -0.2) is 4.98 Å². The summed E-state index contributed by atoms with van der Waals surface area (Å²) in [5.41, 5.74) is 0.964. The lowest BCUT2D eigenvalue weighted by Gasteiger charge is -1.96. The molecule has 1 N–H and O–H groups in total. The summed E-state index contributed by atoms with van der Waals surface area (Å²) in [6, 6.07) is 4.66. The topological polar surface area (TPSA) is 94.1 Å². The zero-order valence-corrected chi connectivity index (χ0v) is 12.0. The third-order valence-electron chi connectivity index (χ3n) is 2.92. The smallest absolute Gasteiger partial charge is 0.296 e. The second kappa shape index (κ2) is 5.49. The van der Waals surface area contributed by atoms with E-state index in [9.17, 15) is 10.1 Å². The van der Waals surface area contributed by atoms with Gasteiger partial charge in [0.1, 0.15) is 10.5 Å². The first kappa shape index (κ1) is 13.5. The number of nitro benzene ring substituents is 1. The van der Waals surface area contributed by atoms with Crippen molar-refractivity contribution in [3.63, 3.8) is 0 Å². The molecule has 0 aliphatic rings. The number of nitrogens with zero attached hydrogens (tertiary/aromatic N) is 3. The van der Waals surface area contributed by atoms with Gasteiger partial charge in [0.2, 0.25) is 0 Å². The van der Waals surface area contributed by atoms with Gasteiger partial charge in [0.05, 0.1) is 11.5 Å². The van der Waals surface area contributed by atoms with E-state index in [0.717, 1.165) is 11.4 Å². The summed E-state index contributed by atoms with van der Waals surface area (Å²) >= 11 is 1.63. The largest absolute Gasteiger partial charge is 0.424 e. The van der Waals surface area contributed by atoms with E-state index in [1.54, 1.807) is 17.4 Å². The summed E-state index contributed by atoms with van der Waals surface area (Å²) in [4.78, 5) is 20.0. The Bertz CT molecular complexity index is 796. The maximum atomic E-state index is 10.7. The zero-order valence-electron chi connectivity index (χ0n) is 11.2. The number of hydrogen-bond donors (Lipinski definition) is 1. The fourth-order valence-electron chi connectivity index (χ4n) is 1.85. The predicted octanol–water partition coefficient (Wildman–Crippen LogP) is 3.37. The number of oxazole rings is 1. The fraction of sp³-hybridized carbons (Fsp3) is 0.231. The molecule has 0 radical (unpaired) electrons. The Kier molecular flexibility index (Phi) is 3.53. The number of hydrogen-bond acceptors (Lipinski definition) is 7. The van der Waals surface area contributed by atoms with E-state index in [1.165, 1.54) is 17.0 Å². The summed E-state index contributed by atoms with van der Waals surface area (Å²) < 4.78 is 5.49. The van der Waals surface area contributed by atoms with Crippen LogP contribution in [0.15, 0.2) is 28.8 Å². The van der Waals surface area contributed by atoms with Crippen LogP contribution >= 0.6 is 11.3 Å². The zero-order chi connectivity index (χ0) is 14.8. The molecule has 0 atom stereocenters. The first-order valence-electron chi connectivity index (χ1n) is 6.38. The molecule has 0 unspecified atom stereocenters. The Labute approximate surface area is 123 Å². The van der Waals surface area contributed by atoms with Gasteiger partial charge in [-0.3, -0.25) is 10.1 Å². The number of nitrogens with one attached hydrogen (secondary N) is 1. The molecule has 0 saturated carbocycles. The molecule has 0 fully saturated rings. The summed E-state index contributed by atoms with van der Waals surface area (Å²) in [6.07, 6.45) is 2.82. The van der Waals surface area contributed by atoms with Gasteiger partial charge in [0.25, 0.3) is 11.7 Å². The highest BCUT2D eigenvalue weighted by Crippen LogP contribution is 2.24. The third kappa shape index (κ3) is 2.84. The molecule has 0 spiro atoms. The van der Waals surface area contributed by atoms with Crippen molar-refractivity contribution in [1.29, 1.82) is 0 Å². The molecule has 3 rings (SSSR count). The van der Waals surface area contributed by atoms with Gasteiger partial charge in [-0.15, -0.1) is 11.3 Å². The summed E-state index contributed by atoms with van der Waals surface area (Å²) in [5.74, 6) is 0. The van der Waals surface area contributed by atoms with E-state index in [0.29, 0.717) is 23.7 Å². The number of aromatic nitrogens is 2. The van der Waals surface area contributed by atoms with E-state index in [4.69, 9.17) is 4.42 Å². The van der Waals surface area contributed by atoms with Crippen molar-refractivity contribution in [2.24, 2.45) is 0 Å². The van der Waals surface area contributed by atoms with Crippen molar-refractivity contribution in [1.82, 2.24) is 9.97 Å². The molecule has 0 amide bonds. The Hall–Kier alpha value is -2.48. The monoisotopic (exact) mass is 304 g/mol. The maximum Gasteiger partial charge on any atom is 0.296 e. The average Bonchev–Trinajstić information content (AvgIpc) is 3.10. The molecular weight excluding hydrogens is 292 g/mol. The SMILES string of the molecule is CCc1cnc(CNc2nc3cc([N+](=O)[O-])ccc3o2)s1. The minimum Gasteiger partial charge on any atom is -0.424 e. The third-order valence-corrected chi connectivity index (χ3v) is 4.06. The van der Waals surface area contributed by atoms with Crippen LogP contribution in [0.25, 0.3) is 11.1 Å². The van der Waals surface area contributed by atoms with Gasteiger partial charge in [0, 0.05) is 23.2 Å². The number of aryl methyl sites for hydroxylation is 1. The van der Waals surface area contributed by atoms with Crippen molar-refractivity contribution in [2.45, 2.75) is 19.9 Å². The Morgan fingerprint density at radius 3 is 3.05 bits per heavy atom. The van der Waals surface area contributed by atoms with Crippen molar-refractivity contribution >= 4 is 34.1 Å². The summed E-state index contributed by atoms with van der Waals surface area (Å²) in [5, 5.41) is 14.7. The van der Waals surface area contributed by atoms with E-state index >= 15 is 0 Å². The normalized spacial score (nSPS) is 10.9. The number of rotatable bonds is 5. The molecule has 2 heterocycles. The number of benzene rings is 1. The highest BCUT2D eigenvalue weighted by atomic mass is 32.1. The highest BCUT2D eigenvalue weighted by molar-refractivity contribution is 7.11. The number of nitro groups is 1. The van der Waals surface area contributed by atoms with Crippen molar-refractivity contribution < 1.29 is 9.34 Å². The van der Waals surface area contributed by atoms with Crippen LogP contribution in [0.1, 0.15) is 16.8 Å². The molecule has 0 aliphatic heterocycles. The van der Waals surface area contributed by atoms with Gasteiger partial charge >= 0.3 is 0 Å². The fourth-order valence-corrected chi connectivity index (χ4v) is 2.65. The van der Waals surface area contributed by atoms with Crippen LogP contribution in [0.5, 0.6) is 0 Å². The lowest BCUT2D eigenvalue weighted by atomic mass is 10.3. The van der Waals surface area contributed by atoms with Gasteiger partial charge in [-0.1, -0.05) is 6.92 Å². The Morgan fingerprint density at radius 1 is 1.48 bits per heavy atom. The number of fused-ring (bicyclic) bond motifs is 1. The van der Waals surface area contributed by atoms with E-state index in [-0.39, 0.29) is 5.69 Å². The number of non-ortho nitro benzene ring substituents is 1. The maximum absolute atomic E-state index is 10.7. The van der Waals surface area contributed by atoms with Crippen molar-refractivity contribution in [2.75, 3.05) is 5.32 Å². The molecule has 0 saturated heterocycles. The standard InChI is InChI=1S/C13H12N4O3S/c1-2-9-6-14-12(21-9)7-15-13-16-10-5-8(17(18)19)3-4-11(10)20-13/h3-6H,2,7H2,1H3,(H,15,16). The molecule has 21 heavy (non-hydrogen) atoms. The van der Waals surface area contributed by atoms with Gasteiger partial charge in [-0.2, -0.15) is 4.98 Å². The quantitative estimate of drug-likeness (QED) is 0.573. The Balaban J connectivity index is 1.76. The van der Waals surface area contributed by atoms with Crippen LogP contribution in [0.2, 0.25) is 0 Å². The van der Waals surface area contributed by atoms with Crippen LogP contribution in [-0.2, 0) is 13.0 Å². The number of anilines is 1. The summed E-state index contributed by atoms with van der Waals surface area (Å²) in [7, 11) is 0. The predicted molar refractivity (Wildman–Crippen MR) is 79.5 cm³/mol. The second-order valence-electron chi connectivity index (χ2n) is 4.36. The molecule has 0 aliphatic carbocycles. The molecule has 3 aromatic rings. The first-order chi connectivity index (χ1) is 10.2. The summed E-state index contributed by atoms with van der Waals surface area (Å²) in [6.45, 7) is 2.60. The van der Waals surface area contributed by atoms with Crippen LogP contribution in [0.4, 0.5) is 11.7 Å². The van der Waals surface area contributed by atoms with Gasteiger partial charge in [0.15, 0.2) is 5.58 Å². The van der Waals surface area contributed by atoms with Crippen molar-refractivity contribution in [3.05, 3.63) is 44.4 Å².